The van der Waals surface area contributed by atoms with E-state index in [-0.39, 0.29) is 0 Å². The highest BCUT2D eigenvalue weighted by molar-refractivity contribution is 5.27. The Labute approximate surface area is 112 Å². The van der Waals surface area contributed by atoms with Crippen molar-refractivity contribution < 1.29 is 4.74 Å². The van der Waals surface area contributed by atoms with Gasteiger partial charge in [0.1, 0.15) is 5.75 Å². The second-order valence-corrected chi connectivity index (χ2v) is 4.55. The molecule has 0 saturated carbocycles. The SMILES string of the molecule is COc1ccc(CC(CN)Cc2nnn(C)n2)cc1. The zero-order valence-corrected chi connectivity index (χ0v) is 11.3. The number of benzene rings is 1. The van der Waals surface area contributed by atoms with Crippen LogP contribution >= 0.6 is 0 Å². The number of aromatic nitrogens is 4. The zero-order chi connectivity index (χ0) is 13.7. The van der Waals surface area contributed by atoms with Crippen molar-refractivity contribution in [3.63, 3.8) is 0 Å². The molecule has 1 aromatic heterocycles. The fourth-order valence-corrected chi connectivity index (χ4v) is 2.00. The van der Waals surface area contributed by atoms with Crippen LogP contribution in [-0.4, -0.2) is 33.9 Å². The van der Waals surface area contributed by atoms with Crippen molar-refractivity contribution in [2.45, 2.75) is 12.8 Å². The Morgan fingerprint density at radius 2 is 2.00 bits per heavy atom. The quantitative estimate of drug-likeness (QED) is 0.823. The molecular formula is C13H19N5O. The lowest BCUT2D eigenvalue weighted by molar-refractivity contribution is 0.414. The molecule has 1 aromatic carbocycles. The lowest BCUT2D eigenvalue weighted by Gasteiger charge is -2.12. The summed E-state index contributed by atoms with van der Waals surface area (Å²) in [6, 6.07) is 8.05. The molecule has 1 atom stereocenters. The summed E-state index contributed by atoms with van der Waals surface area (Å²) in [5.41, 5.74) is 7.06. The van der Waals surface area contributed by atoms with Gasteiger partial charge in [-0.1, -0.05) is 12.1 Å². The largest absolute Gasteiger partial charge is 0.497 e. The Bertz CT molecular complexity index is 508. The molecule has 0 amide bonds. The van der Waals surface area contributed by atoms with E-state index in [1.165, 1.54) is 10.4 Å². The number of tetrazole rings is 1. The molecule has 2 N–H and O–H groups in total. The molecule has 1 heterocycles. The normalized spacial score (nSPS) is 12.4. The van der Waals surface area contributed by atoms with Crippen LogP contribution < -0.4 is 10.5 Å². The molecule has 2 rings (SSSR count). The molecule has 0 aliphatic carbocycles. The van der Waals surface area contributed by atoms with E-state index in [4.69, 9.17) is 10.5 Å². The van der Waals surface area contributed by atoms with Crippen LogP contribution in [0.2, 0.25) is 0 Å². The van der Waals surface area contributed by atoms with Gasteiger partial charge in [0.05, 0.1) is 14.2 Å². The van der Waals surface area contributed by atoms with Gasteiger partial charge in [-0.3, -0.25) is 0 Å². The highest BCUT2D eigenvalue weighted by atomic mass is 16.5. The monoisotopic (exact) mass is 261 g/mol. The van der Waals surface area contributed by atoms with Crippen LogP contribution in [0.4, 0.5) is 0 Å². The first-order chi connectivity index (χ1) is 9.21. The van der Waals surface area contributed by atoms with Crippen molar-refractivity contribution in [1.82, 2.24) is 20.2 Å². The van der Waals surface area contributed by atoms with E-state index in [1.807, 2.05) is 12.1 Å². The van der Waals surface area contributed by atoms with Gasteiger partial charge in [0.2, 0.25) is 0 Å². The number of aryl methyl sites for hydroxylation is 1. The first kappa shape index (κ1) is 13.5. The molecule has 19 heavy (non-hydrogen) atoms. The van der Waals surface area contributed by atoms with Crippen molar-refractivity contribution in [3.05, 3.63) is 35.7 Å². The van der Waals surface area contributed by atoms with Gasteiger partial charge in [-0.2, -0.15) is 4.80 Å². The second-order valence-electron chi connectivity index (χ2n) is 4.55. The van der Waals surface area contributed by atoms with Crippen molar-refractivity contribution in [2.75, 3.05) is 13.7 Å². The maximum Gasteiger partial charge on any atom is 0.175 e. The summed E-state index contributed by atoms with van der Waals surface area (Å²) >= 11 is 0. The standard InChI is InChI=1S/C13H19N5O/c1-18-16-13(15-17-18)8-11(9-14)7-10-3-5-12(19-2)6-4-10/h3-6,11H,7-9,14H2,1-2H3. The summed E-state index contributed by atoms with van der Waals surface area (Å²) in [4.78, 5) is 1.47. The third kappa shape index (κ3) is 3.75. The predicted molar refractivity (Wildman–Crippen MR) is 71.7 cm³/mol. The van der Waals surface area contributed by atoms with Gasteiger partial charge >= 0.3 is 0 Å². The third-order valence-electron chi connectivity index (χ3n) is 3.04. The molecule has 0 radical (unpaired) electrons. The molecule has 0 aliphatic rings. The topological polar surface area (TPSA) is 78.9 Å². The minimum atomic E-state index is 0.317. The molecule has 0 bridgehead atoms. The Balaban J connectivity index is 1.97. The van der Waals surface area contributed by atoms with Gasteiger partial charge in [-0.05, 0) is 41.8 Å². The van der Waals surface area contributed by atoms with Crippen LogP contribution in [0.25, 0.3) is 0 Å². The van der Waals surface area contributed by atoms with Crippen LogP contribution in [0.5, 0.6) is 5.75 Å². The van der Waals surface area contributed by atoms with E-state index in [0.717, 1.165) is 24.4 Å². The number of nitrogens with two attached hydrogens (primary N) is 1. The Hall–Kier alpha value is -1.95. The van der Waals surface area contributed by atoms with Crippen molar-refractivity contribution in [3.8, 4) is 5.75 Å². The molecule has 6 heteroatoms. The molecule has 0 fully saturated rings. The van der Waals surface area contributed by atoms with Gasteiger partial charge in [-0.25, -0.2) is 0 Å². The van der Waals surface area contributed by atoms with Gasteiger partial charge in [-0.15, -0.1) is 10.2 Å². The Morgan fingerprint density at radius 3 is 2.53 bits per heavy atom. The van der Waals surface area contributed by atoms with Gasteiger partial charge in [0, 0.05) is 6.42 Å². The maximum absolute atomic E-state index is 5.82. The van der Waals surface area contributed by atoms with E-state index in [0.29, 0.717) is 12.5 Å². The van der Waals surface area contributed by atoms with Gasteiger partial charge in [0.15, 0.2) is 5.82 Å². The molecule has 0 aliphatic heterocycles. The fraction of sp³-hybridized carbons (Fsp3) is 0.462. The number of hydrogen-bond donors (Lipinski definition) is 1. The van der Waals surface area contributed by atoms with E-state index < -0.39 is 0 Å². The third-order valence-corrected chi connectivity index (χ3v) is 3.04. The summed E-state index contributed by atoms with van der Waals surface area (Å²) < 4.78 is 5.14. The van der Waals surface area contributed by atoms with Crippen LogP contribution in [0.1, 0.15) is 11.4 Å². The van der Waals surface area contributed by atoms with E-state index >= 15 is 0 Å². The number of rotatable bonds is 6. The summed E-state index contributed by atoms with van der Waals surface area (Å²) in [6.07, 6.45) is 1.65. The zero-order valence-electron chi connectivity index (χ0n) is 11.3. The average molecular weight is 261 g/mol. The molecule has 0 spiro atoms. The lowest BCUT2D eigenvalue weighted by atomic mass is 9.96. The van der Waals surface area contributed by atoms with Crippen molar-refractivity contribution in [2.24, 2.45) is 18.7 Å². The molecular weight excluding hydrogens is 242 g/mol. The maximum atomic E-state index is 5.82. The molecule has 6 nitrogen and oxygen atoms in total. The lowest BCUT2D eigenvalue weighted by Crippen LogP contribution is -2.20. The van der Waals surface area contributed by atoms with Crippen LogP contribution in [0.15, 0.2) is 24.3 Å². The van der Waals surface area contributed by atoms with Gasteiger partial charge in [0.25, 0.3) is 0 Å². The summed E-state index contributed by atoms with van der Waals surface area (Å²) in [5.74, 6) is 1.92. The fourth-order valence-electron chi connectivity index (χ4n) is 2.00. The smallest absolute Gasteiger partial charge is 0.175 e. The summed E-state index contributed by atoms with van der Waals surface area (Å²) in [6.45, 7) is 0.601. The van der Waals surface area contributed by atoms with Crippen molar-refractivity contribution in [1.29, 1.82) is 0 Å². The number of hydrogen-bond acceptors (Lipinski definition) is 5. The Kier molecular flexibility index (Phi) is 4.46. The molecule has 102 valence electrons. The van der Waals surface area contributed by atoms with Crippen LogP contribution in [0.3, 0.4) is 0 Å². The minimum absolute atomic E-state index is 0.317. The highest BCUT2D eigenvalue weighted by Gasteiger charge is 2.12. The van der Waals surface area contributed by atoms with Crippen molar-refractivity contribution >= 4 is 0 Å². The van der Waals surface area contributed by atoms with E-state index in [1.54, 1.807) is 14.2 Å². The second kappa shape index (κ2) is 6.29. The predicted octanol–water partition coefficient (Wildman–Crippen LogP) is 0.579. The minimum Gasteiger partial charge on any atom is -0.497 e. The van der Waals surface area contributed by atoms with E-state index in [9.17, 15) is 0 Å². The average Bonchev–Trinajstić information content (AvgIpc) is 2.84. The van der Waals surface area contributed by atoms with Gasteiger partial charge < -0.3 is 10.5 Å². The summed E-state index contributed by atoms with van der Waals surface area (Å²) in [7, 11) is 3.43. The first-order valence-corrected chi connectivity index (χ1v) is 6.27. The van der Waals surface area contributed by atoms with Crippen LogP contribution in [0, 0.1) is 5.92 Å². The molecule has 2 aromatic rings. The number of ether oxygens (including phenoxy) is 1. The number of methoxy groups -OCH3 is 1. The highest BCUT2D eigenvalue weighted by Crippen LogP contribution is 2.16. The van der Waals surface area contributed by atoms with Crippen LogP contribution in [-0.2, 0) is 19.9 Å². The molecule has 0 saturated heterocycles. The number of nitrogens with zero attached hydrogens (tertiary/aromatic N) is 4. The summed E-state index contributed by atoms with van der Waals surface area (Å²) in [5, 5.41) is 12.0. The first-order valence-electron chi connectivity index (χ1n) is 6.27. The molecule has 1 unspecified atom stereocenters. The van der Waals surface area contributed by atoms with E-state index in [2.05, 4.69) is 27.5 Å². The Morgan fingerprint density at radius 1 is 1.26 bits per heavy atom.